The molecule has 2 aromatic carbocycles. The fourth-order valence-electron chi connectivity index (χ4n) is 2.07. The number of nitrogens with one attached hydrogen (secondary N) is 1. The van der Waals surface area contributed by atoms with E-state index in [9.17, 15) is 9.59 Å². The van der Waals surface area contributed by atoms with Crippen molar-refractivity contribution >= 4 is 23.5 Å². The van der Waals surface area contributed by atoms with Gasteiger partial charge in [0.15, 0.2) is 0 Å². The third-order valence-corrected chi connectivity index (χ3v) is 3.42. The largest absolute Gasteiger partial charge is 0.490 e. The van der Waals surface area contributed by atoms with E-state index in [2.05, 4.69) is 5.32 Å². The molecule has 0 aliphatic rings. The fraction of sp³-hybridized carbons (Fsp3) is 0.263. The molecule has 0 aromatic heterocycles. The molecule has 6 heteroatoms. The molecular weight excluding hydrogens is 342 g/mol. The average Bonchev–Trinajstić information content (AvgIpc) is 2.60. The number of benzene rings is 2. The van der Waals surface area contributed by atoms with Crippen LogP contribution in [0.4, 0.5) is 0 Å². The van der Waals surface area contributed by atoms with Gasteiger partial charge in [0.1, 0.15) is 18.9 Å². The van der Waals surface area contributed by atoms with Crippen LogP contribution in [0.5, 0.6) is 5.75 Å². The minimum absolute atomic E-state index is 0.0939. The Morgan fingerprint density at radius 1 is 1.12 bits per heavy atom. The summed E-state index contributed by atoms with van der Waals surface area (Å²) in [6.07, 6.45) is -0.0939. The van der Waals surface area contributed by atoms with Gasteiger partial charge in [-0.15, -0.1) is 0 Å². The molecule has 0 unspecified atom stereocenters. The zero-order valence-corrected chi connectivity index (χ0v) is 14.9. The molecule has 1 amide bonds. The molecule has 2 aromatic rings. The van der Waals surface area contributed by atoms with Crippen LogP contribution in [0.2, 0.25) is 5.02 Å². The lowest BCUT2D eigenvalue weighted by molar-refractivity contribution is -0.143. The molecule has 0 fully saturated rings. The number of carbonyl (C=O) groups is 2. The van der Waals surface area contributed by atoms with Crippen LogP contribution in [-0.4, -0.2) is 24.5 Å². The lowest BCUT2D eigenvalue weighted by Gasteiger charge is -2.14. The van der Waals surface area contributed by atoms with Crippen molar-refractivity contribution in [3.8, 4) is 5.75 Å². The molecule has 0 saturated carbocycles. The van der Waals surface area contributed by atoms with Crippen molar-refractivity contribution < 1.29 is 19.1 Å². The van der Waals surface area contributed by atoms with E-state index >= 15 is 0 Å². The van der Waals surface area contributed by atoms with Crippen molar-refractivity contribution in [3.63, 3.8) is 0 Å². The summed E-state index contributed by atoms with van der Waals surface area (Å²) in [5.41, 5.74) is 1.15. The molecule has 5 nitrogen and oxygen atoms in total. The first-order valence-electron chi connectivity index (χ1n) is 7.89. The van der Waals surface area contributed by atoms with Gasteiger partial charge in [0, 0.05) is 5.02 Å². The van der Waals surface area contributed by atoms with Crippen LogP contribution in [0.25, 0.3) is 0 Å². The average molecular weight is 362 g/mol. The zero-order chi connectivity index (χ0) is 18.2. The highest BCUT2D eigenvalue weighted by Crippen LogP contribution is 2.23. The number of amides is 1. The lowest BCUT2D eigenvalue weighted by Crippen LogP contribution is -2.31. The van der Waals surface area contributed by atoms with Gasteiger partial charge in [-0.05, 0) is 37.6 Å². The first kappa shape index (κ1) is 18.8. The van der Waals surface area contributed by atoms with Crippen molar-refractivity contribution in [3.05, 3.63) is 64.7 Å². The van der Waals surface area contributed by atoms with Crippen molar-refractivity contribution in [1.29, 1.82) is 0 Å². The van der Waals surface area contributed by atoms with Gasteiger partial charge in [0.2, 0.25) is 0 Å². The topological polar surface area (TPSA) is 64.6 Å². The number of halogens is 1. The second-order valence-corrected chi connectivity index (χ2v) is 6.07. The Hall–Kier alpha value is -2.53. The summed E-state index contributed by atoms with van der Waals surface area (Å²) in [5.74, 6) is -0.560. The number of hydrogen-bond donors (Lipinski definition) is 1. The first-order valence-corrected chi connectivity index (χ1v) is 8.27. The second kappa shape index (κ2) is 9.08. The predicted octanol–water partition coefficient (Wildman–Crippen LogP) is 3.60. The van der Waals surface area contributed by atoms with Gasteiger partial charge in [-0.25, -0.2) is 0 Å². The van der Waals surface area contributed by atoms with Crippen molar-refractivity contribution in [1.82, 2.24) is 5.32 Å². The van der Waals surface area contributed by atoms with E-state index in [4.69, 9.17) is 21.1 Å². The maximum absolute atomic E-state index is 12.3. The van der Waals surface area contributed by atoms with Crippen LogP contribution < -0.4 is 10.1 Å². The fourth-order valence-corrected chi connectivity index (χ4v) is 2.25. The number of ether oxygens (including phenoxy) is 2. The van der Waals surface area contributed by atoms with Crippen molar-refractivity contribution in [2.45, 2.75) is 26.6 Å². The third kappa shape index (κ3) is 6.12. The smallest absolute Gasteiger partial charge is 0.325 e. The van der Waals surface area contributed by atoms with Crippen LogP contribution in [-0.2, 0) is 16.1 Å². The molecule has 2 rings (SSSR count). The molecule has 0 saturated heterocycles. The maximum atomic E-state index is 12.3. The maximum Gasteiger partial charge on any atom is 0.325 e. The molecule has 132 valence electrons. The highest BCUT2D eigenvalue weighted by atomic mass is 35.5. The predicted molar refractivity (Wildman–Crippen MR) is 95.8 cm³/mol. The molecule has 0 heterocycles. The standard InChI is InChI=1S/C19H20ClNO4/c1-13(2)25-17-9-8-15(20)10-16(17)19(23)21-11-18(22)24-12-14-6-4-3-5-7-14/h3-10,13H,11-12H2,1-2H3,(H,21,23). The van der Waals surface area contributed by atoms with Crippen LogP contribution in [0.3, 0.4) is 0 Å². The van der Waals surface area contributed by atoms with Crippen LogP contribution in [0.1, 0.15) is 29.8 Å². The molecule has 0 bridgehead atoms. The number of esters is 1. The molecule has 25 heavy (non-hydrogen) atoms. The summed E-state index contributed by atoms with van der Waals surface area (Å²) in [6, 6.07) is 14.1. The zero-order valence-electron chi connectivity index (χ0n) is 14.1. The number of hydrogen-bond acceptors (Lipinski definition) is 4. The highest BCUT2D eigenvalue weighted by molar-refractivity contribution is 6.31. The molecule has 1 N–H and O–H groups in total. The molecule has 0 aliphatic carbocycles. The van der Waals surface area contributed by atoms with Gasteiger partial charge in [-0.2, -0.15) is 0 Å². The van der Waals surface area contributed by atoms with Crippen LogP contribution in [0.15, 0.2) is 48.5 Å². The first-order chi connectivity index (χ1) is 12.0. The Bertz CT molecular complexity index is 731. The Kier molecular flexibility index (Phi) is 6.83. The van der Waals surface area contributed by atoms with Gasteiger partial charge >= 0.3 is 5.97 Å². The Morgan fingerprint density at radius 3 is 2.52 bits per heavy atom. The Balaban J connectivity index is 1.91. The molecule has 0 radical (unpaired) electrons. The third-order valence-electron chi connectivity index (χ3n) is 3.18. The van der Waals surface area contributed by atoms with E-state index in [0.717, 1.165) is 5.56 Å². The highest BCUT2D eigenvalue weighted by Gasteiger charge is 2.16. The van der Waals surface area contributed by atoms with Crippen LogP contribution in [0, 0.1) is 0 Å². The van der Waals surface area contributed by atoms with E-state index < -0.39 is 11.9 Å². The van der Waals surface area contributed by atoms with Crippen molar-refractivity contribution in [2.75, 3.05) is 6.54 Å². The summed E-state index contributed by atoms with van der Waals surface area (Å²) < 4.78 is 10.7. The Morgan fingerprint density at radius 2 is 1.84 bits per heavy atom. The van der Waals surface area contributed by atoms with Gasteiger partial charge in [0.25, 0.3) is 5.91 Å². The van der Waals surface area contributed by atoms with E-state index in [-0.39, 0.29) is 24.8 Å². The van der Waals surface area contributed by atoms with Gasteiger partial charge in [-0.1, -0.05) is 41.9 Å². The number of carbonyl (C=O) groups excluding carboxylic acids is 2. The van der Waals surface area contributed by atoms with Crippen LogP contribution >= 0.6 is 11.6 Å². The molecule has 0 spiro atoms. The van der Waals surface area contributed by atoms with Crippen molar-refractivity contribution in [2.24, 2.45) is 0 Å². The van der Waals surface area contributed by atoms with E-state index in [1.165, 1.54) is 6.07 Å². The summed E-state index contributed by atoms with van der Waals surface area (Å²) in [6.45, 7) is 3.64. The van der Waals surface area contributed by atoms with E-state index in [1.54, 1.807) is 12.1 Å². The van der Waals surface area contributed by atoms with Gasteiger partial charge in [-0.3, -0.25) is 9.59 Å². The second-order valence-electron chi connectivity index (χ2n) is 5.64. The number of rotatable bonds is 7. The van der Waals surface area contributed by atoms with E-state index in [1.807, 2.05) is 44.2 Å². The quantitative estimate of drug-likeness (QED) is 0.765. The Labute approximate surface area is 151 Å². The molecular formula is C19H20ClNO4. The van der Waals surface area contributed by atoms with Gasteiger partial charge in [0.05, 0.1) is 11.7 Å². The van der Waals surface area contributed by atoms with Gasteiger partial charge < -0.3 is 14.8 Å². The van der Waals surface area contributed by atoms with E-state index in [0.29, 0.717) is 10.8 Å². The molecule has 0 atom stereocenters. The minimum Gasteiger partial charge on any atom is -0.490 e. The lowest BCUT2D eigenvalue weighted by atomic mass is 10.2. The monoisotopic (exact) mass is 361 g/mol. The SMILES string of the molecule is CC(C)Oc1ccc(Cl)cc1C(=O)NCC(=O)OCc1ccccc1. The summed E-state index contributed by atoms with van der Waals surface area (Å²) >= 11 is 5.95. The summed E-state index contributed by atoms with van der Waals surface area (Å²) in [7, 11) is 0. The summed E-state index contributed by atoms with van der Waals surface area (Å²) in [5, 5.41) is 2.93. The molecule has 0 aliphatic heterocycles. The normalized spacial score (nSPS) is 10.4. The minimum atomic E-state index is -0.523. The summed E-state index contributed by atoms with van der Waals surface area (Å²) in [4.78, 5) is 24.1.